The van der Waals surface area contributed by atoms with Gasteiger partial charge in [-0.1, -0.05) is 32.1 Å². The number of aryl methyl sites for hydroxylation is 1. The number of hydrogen-bond donors (Lipinski definition) is 1. The highest BCUT2D eigenvalue weighted by Gasteiger charge is 2.23. The quantitative estimate of drug-likeness (QED) is 0.910. The molecule has 1 aliphatic carbocycles. The van der Waals surface area contributed by atoms with Crippen LogP contribution in [-0.2, 0) is 13.0 Å². The molecule has 106 valence electrons. The van der Waals surface area contributed by atoms with Gasteiger partial charge >= 0.3 is 0 Å². The molecule has 1 atom stereocenters. The molecule has 1 N–H and O–H groups in total. The molecule has 1 unspecified atom stereocenters. The van der Waals surface area contributed by atoms with Crippen LogP contribution >= 0.6 is 0 Å². The second-order valence-electron chi connectivity index (χ2n) is 6.16. The molecular weight excluding hydrogens is 236 g/mol. The summed E-state index contributed by atoms with van der Waals surface area (Å²) in [5.74, 6) is 2.33. The maximum Gasteiger partial charge on any atom is 0.149 e. The Morgan fingerprint density at radius 1 is 1.05 bits per heavy atom. The van der Waals surface area contributed by atoms with Gasteiger partial charge in [0.05, 0.1) is 6.04 Å². The van der Waals surface area contributed by atoms with Crippen molar-refractivity contribution in [2.45, 2.75) is 83.3 Å². The third kappa shape index (κ3) is 2.99. The van der Waals surface area contributed by atoms with Gasteiger partial charge in [0.1, 0.15) is 11.6 Å². The Labute approximate surface area is 116 Å². The Hall–Kier alpha value is -0.900. The van der Waals surface area contributed by atoms with Crippen molar-refractivity contribution in [2.75, 3.05) is 0 Å². The van der Waals surface area contributed by atoms with Crippen molar-refractivity contribution in [3.8, 4) is 0 Å². The Morgan fingerprint density at radius 2 is 1.79 bits per heavy atom. The van der Waals surface area contributed by atoms with Crippen molar-refractivity contribution < 1.29 is 0 Å². The molecule has 3 rings (SSSR count). The van der Waals surface area contributed by atoms with E-state index in [2.05, 4.69) is 27.0 Å². The molecule has 0 radical (unpaired) electrons. The van der Waals surface area contributed by atoms with Crippen molar-refractivity contribution in [1.29, 1.82) is 0 Å². The fourth-order valence-corrected chi connectivity index (χ4v) is 3.54. The molecule has 2 aliphatic rings. The van der Waals surface area contributed by atoms with Crippen molar-refractivity contribution >= 4 is 0 Å². The fourth-order valence-electron chi connectivity index (χ4n) is 3.54. The van der Waals surface area contributed by atoms with Crippen LogP contribution in [0.25, 0.3) is 0 Å². The molecule has 0 amide bonds. The average molecular weight is 262 g/mol. The highest BCUT2D eigenvalue weighted by atomic mass is 15.3. The number of hydrogen-bond acceptors (Lipinski definition) is 3. The zero-order valence-electron chi connectivity index (χ0n) is 12.1. The van der Waals surface area contributed by atoms with Crippen molar-refractivity contribution in [3.63, 3.8) is 0 Å². The molecule has 4 heteroatoms. The van der Waals surface area contributed by atoms with E-state index >= 15 is 0 Å². The summed E-state index contributed by atoms with van der Waals surface area (Å²) in [5, 5.41) is 12.5. The third-order valence-electron chi connectivity index (χ3n) is 4.62. The van der Waals surface area contributed by atoms with Gasteiger partial charge in [0, 0.05) is 19.0 Å². The van der Waals surface area contributed by atoms with E-state index in [-0.39, 0.29) is 0 Å². The van der Waals surface area contributed by atoms with E-state index in [9.17, 15) is 0 Å². The molecule has 2 heterocycles. The molecular formula is C15H26N4. The summed E-state index contributed by atoms with van der Waals surface area (Å²) >= 11 is 0. The highest BCUT2D eigenvalue weighted by molar-refractivity contribution is 5.04. The molecule has 0 bridgehead atoms. The molecule has 1 fully saturated rings. The Balaban J connectivity index is 1.61. The summed E-state index contributed by atoms with van der Waals surface area (Å²) in [6, 6.07) is 1.01. The summed E-state index contributed by atoms with van der Waals surface area (Å²) in [6.07, 6.45) is 12.0. The second kappa shape index (κ2) is 6.04. The first-order valence-corrected chi connectivity index (χ1v) is 8.02. The Bertz CT molecular complexity index is 404. The smallest absolute Gasteiger partial charge is 0.149 e. The van der Waals surface area contributed by atoms with Crippen molar-refractivity contribution in [1.82, 2.24) is 20.1 Å². The molecule has 19 heavy (non-hydrogen) atoms. The van der Waals surface area contributed by atoms with Crippen LogP contribution in [0, 0.1) is 0 Å². The molecule has 0 aromatic carbocycles. The Morgan fingerprint density at radius 3 is 2.58 bits per heavy atom. The molecule has 0 spiro atoms. The Kier molecular flexibility index (Phi) is 4.16. The summed E-state index contributed by atoms with van der Waals surface area (Å²) in [6.45, 7) is 3.35. The van der Waals surface area contributed by atoms with Crippen LogP contribution in [0.15, 0.2) is 0 Å². The minimum atomic E-state index is 0.337. The van der Waals surface area contributed by atoms with Gasteiger partial charge in [-0.2, -0.15) is 0 Å². The minimum absolute atomic E-state index is 0.337. The van der Waals surface area contributed by atoms with Gasteiger partial charge < -0.3 is 9.88 Å². The zero-order chi connectivity index (χ0) is 13.1. The van der Waals surface area contributed by atoms with Gasteiger partial charge in [0.2, 0.25) is 0 Å². The number of aromatic nitrogens is 3. The third-order valence-corrected chi connectivity index (χ3v) is 4.62. The van der Waals surface area contributed by atoms with Gasteiger partial charge in [0.25, 0.3) is 0 Å². The largest absolute Gasteiger partial charge is 0.314 e. The van der Waals surface area contributed by atoms with Gasteiger partial charge in [0.15, 0.2) is 0 Å². The number of nitrogens with one attached hydrogen (secondary N) is 1. The van der Waals surface area contributed by atoms with Crippen LogP contribution in [0.5, 0.6) is 0 Å². The van der Waals surface area contributed by atoms with Crippen LogP contribution in [0.2, 0.25) is 0 Å². The molecule has 1 aromatic heterocycles. The summed E-state index contributed by atoms with van der Waals surface area (Å²) in [5.41, 5.74) is 0. The number of rotatable bonds is 3. The first kappa shape index (κ1) is 13.1. The van der Waals surface area contributed by atoms with Gasteiger partial charge in [-0.15, -0.1) is 10.2 Å². The minimum Gasteiger partial charge on any atom is -0.314 e. The molecule has 1 aliphatic heterocycles. The predicted octanol–water partition coefficient (Wildman–Crippen LogP) is 2.99. The van der Waals surface area contributed by atoms with Crippen LogP contribution < -0.4 is 5.32 Å². The molecule has 0 saturated heterocycles. The van der Waals surface area contributed by atoms with E-state index in [0.29, 0.717) is 12.1 Å². The number of nitrogens with zero attached hydrogens (tertiary/aromatic N) is 3. The van der Waals surface area contributed by atoms with Crippen LogP contribution in [0.1, 0.15) is 76.0 Å². The lowest BCUT2D eigenvalue weighted by atomic mass is 9.96. The van der Waals surface area contributed by atoms with E-state index in [1.165, 1.54) is 57.2 Å². The zero-order valence-corrected chi connectivity index (χ0v) is 12.1. The molecule has 4 nitrogen and oxygen atoms in total. The lowest BCUT2D eigenvalue weighted by molar-refractivity contribution is 0.353. The standard InChI is InChI=1S/C15H26N4/c1-12(15-18-17-14-10-7-11-19(14)15)16-13-8-5-3-2-4-6-9-13/h12-13,16H,2-11H2,1H3. The lowest BCUT2D eigenvalue weighted by Gasteiger charge is -2.24. The highest BCUT2D eigenvalue weighted by Crippen LogP contribution is 2.22. The maximum atomic E-state index is 4.40. The summed E-state index contributed by atoms with van der Waals surface area (Å²) < 4.78 is 2.32. The van der Waals surface area contributed by atoms with Crippen LogP contribution in [0.4, 0.5) is 0 Å². The van der Waals surface area contributed by atoms with Gasteiger partial charge in [-0.3, -0.25) is 0 Å². The second-order valence-corrected chi connectivity index (χ2v) is 6.16. The predicted molar refractivity (Wildman–Crippen MR) is 76.0 cm³/mol. The SMILES string of the molecule is CC(NC1CCCCCCC1)c1nnc2n1CCC2. The number of fused-ring (bicyclic) bond motifs is 1. The normalized spacial score (nSPS) is 22.8. The van der Waals surface area contributed by atoms with Gasteiger partial charge in [-0.25, -0.2) is 0 Å². The van der Waals surface area contributed by atoms with Crippen LogP contribution in [-0.4, -0.2) is 20.8 Å². The van der Waals surface area contributed by atoms with Crippen molar-refractivity contribution in [2.24, 2.45) is 0 Å². The van der Waals surface area contributed by atoms with Crippen molar-refractivity contribution in [3.05, 3.63) is 11.6 Å². The maximum absolute atomic E-state index is 4.40. The van der Waals surface area contributed by atoms with Gasteiger partial charge in [-0.05, 0) is 26.2 Å². The van der Waals surface area contributed by atoms with E-state index in [0.717, 1.165) is 18.8 Å². The first-order chi connectivity index (χ1) is 9.34. The van der Waals surface area contributed by atoms with Crippen LogP contribution in [0.3, 0.4) is 0 Å². The van der Waals surface area contributed by atoms with E-state index < -0.39 is 0 Å². The summed E-state index contributed by atoms with van der Waals surface area (Å²) in [7, 11) is 0. The summed E-state index contributed by atoms with van der Waals surface area (Å²) in [4.78, 5) is 0. The average Bonchev–Trinajstić information content (AvgIpc) is 2.93. The first-order valence-electron chi connectivity index (χ1n) is 8.02. The van der Waals surface area contributed by atoms with E-state index in [4.69, 9.17) is 0 Å². The fraction of sp³-hybridized carbons (Fsp3) is 0.867. The molecule has 1 saturated carbocycles. The van der Waals surface area contributed by atoms with E-state index in [1.807, 2.05) is 0 Å². The lowest BCUT2D eigenvalue weighted by Crippen LogP contribution is -2.33. The molecule has 1 aromatic rings. The topological polar surface area (TPSA) is 42.7 Å². The monoisotopic (exact) mass is 262 g/mol. The van der Waals surface area contributed by atoms with E-state index in [1.54, 1.807) is 0 Å².